The van der Waals surface area contributed by atoms with Crippen LogP contribution in [-0.2, 0) is 0 Å². The lowest BCUT2D eigenvalue weighted by atomic mass is 10.4. The number of nitrogens with one attached hydrogen (secondary N) is 1. The largest absolute Gasteiger partial charge is 0.364 e. The van der Waals surface area contributed by atoms with Crippen molar-refractivity contribution in [3.8, 4) is 0 Å². The summed E-state index contributed by atoms with van der Waals surface area (Å²) in [6, 6.07) is 0.149. The minimum absolute atomic E-state index is 0.0502. The summed E-state index contributed by atoms with van der Waals surface area (Å²) in [5.74, 6) is 1.63. The Morgan fingerprint density at radius 2 is 2.40 bits per heavy atom. The van der Waals surface area contributed by atoms with Gasteiger partial charge >= 0.3 is 0 Å². The summed E-state index contributed by atoms with van der Waals surface area (Å²) >= 11 is 7.35. The monoisotopic (exact) mass is 249 g/mol. The molecule has 6 heteroatoms. The molecule has 0 saturated carbocycles. The molecule has 0 bridgehead atoms. The van der Waals surface area contributed by atoms with E-state index in [2.05, 4.69) is 22.2 Å². The summed E-state index contributed by atoms with van der Waals surface area (Å²) in [6.45, 7) is 4.05. The first-order valence-electron chi connectivity index (χ1n) is 4.65. The van der Waals surface area contributed by atoms with Crippen molar-refractivity contribution >= 4 is 29.2 Å². The van der Waals surface area contributed by atoms with E-state index in [1.165, 1.54) is 0 Å². The molecule has 1 aromatic heterocycles. The van der Waals surface area contributed by atoms with Crippen LogP contribution in [0, 0.1) is 5.82 Å². The van der Waals surface area contributed by atoms with Gasteiger partial charge in [0, 0.05) is 11.8 Å². The predicted octanol–water partition coefficient (Wildman–Crippen LogP) is 2.82. The Balaban J connectivity index is 2.59. The topological polar surface area (TPSA) is 37.8 Å². The van der Waals surface area contributed by atoms with Crippen LogP contribution >= 0.6 is 23.4 Å². The summed E-state index contributed by atoms with van der Waals surface area (Å²) in [6.07, 6.45) is 1.07. The van der Waals surface area contributed by atoms with Crippen molar-refractivity contribution in [3.63, 3.8) is 0 Å². The van der Waals surface area contributed by atoms with Crippen LogP contribution in [0.4, 0.5) is 10.2 Å². The second kappa shape index (κ2) is 6.12. The standard InChI is InChI=1S/C9H13ClFN3S/c1-3-15-5-6(2)13-8-7(11)4-12-9(10)14-8/h4,6H,3,5H2,1-2H3,(H,12,13,14). The summed E-state index contributed by atoms with van der Waals surface area (Å²) in [4.78, 5) is 7.32. The van der Waals surface area contributed by atoms with Crippen molar-refractivity contribution in [2.45, 2.75) is 19.9 Å². The zero-order valence-electron chi connectivity index (χ0n) is 8.63. The van der Waals surface area contributed by atoms with E-state index in [1.54, 1.807) is 11.8 Å². The van der Waals surface area contributed by atoms with Gasteiger partial charge in [0.25, 0.3) is 0 Å². The highest BCUT2D eigenvalue weighted by Gasteiger charge is 2.08. The molecule has 0 fully saturated rings. The molecule has 1 N–H and O–H groups in total. The maximum Gasteiger partial charge on any atom is 0.224 e. The Bertz CT molecular complexity index is 324. The third-order valence-electron chi connectivity index (χ3n) is 1.67. The molecule has 0 amide bonds. The van der Waals surface area contributed by atoms with Crippen LogP contribution in [0.3, 0.4) is 0 Å². The van der Waals surface area contributed by atoms with Crippen molar-refractivity contribution in [2.24, 2.45) is 0 Å². The van der Waals surface area contributed by atoms with Crippen LogP contribution in [0.1, 0.15) is 13.8 Å². The van der Waals surface area contributed by atoms with E-state index >= 15 is 0 Å². The molecule has 1 unspecified atom stereocenters. The molecule has 15 heavy (non-hydrogen) atoms. The lowest BCUT2D eigenvalue weighted by Crippen LogP contribution is -2.20. The minimum atomic E-state index is -0.479. The molecule has 1 atom stereocenters. The van der Waals surface area contributed by atoms with Crippen LogP contribution in [0.25, 0.3) is 0 Å². The molecular formula is C9H13ClFN3S. The Morgan fingerprint density at radius 1 is 1.67 bits per heavy atom. The molecule has 1 heterocycles. The summed E-state index contributed by atoms with van der Waals surface area (Å²) < 4.78 is 13.2. The van der Waals surface area contributed by atoms with Gasteiger partial charge in [-0.25, -0.2) is 9.37 Å². The van der Waals surface area contributed by atoms with Crippen molar-refractivity contribution in [1.29, 1.82) is 0 Å². The predicted molar refractivity (Wildman–Crippen MR) is 63.1 cm³/mol. The highest BCUT2D eigenvalue weighted by molar-refractivity contribution is 7.99. The Morgan fingerprint density at radius 3 is 3.07 bits per heavy atom. The maximum absolute atomic E-state index is 13.2. The van der Waals surface area contributed by atoms with Gasteiger partial charge in [0.2, 0.25) is 5.28 Å². The molecule has 1 aromatic rings. The number of thioether (sulfide) groups is 1. The molecule has 0 aliphatic rings. The van der Waals surface area contributed by atoms with Gasteiger partial charge in [-0.2, -0.15) is 16.7 Å². The third kappa shape index (κ3) is 4.22. The first-order valence-corrected chi connectivity index (χ1v) is 6.19. The summed E-state index contributed by atoms with van der Waals surface area (Å²) in [5.41, 5.74) is 0. The molecule has 1 rings (SSSR count). The number of nitrogens with zero attached hydrogens (tertiary/aromatic N) is 2. The minimum Gasteiger partial charge on any atom is -0.364 e. The van der Waals surface area contributed by atoms with Gasteiger partial charge < -0.3 is 5.32 Å². The van der Waals surface area contributed by atoms with Gasteiger partial charge in [-0.1, -0.05) is 6.92 Å². The number of anilines is 1. The first kappa shape index (κ1) is 12.5. The van der Waals surface area contributed by atoms with Gasteiger partial charge in [-0.3, -0.25) is 0 Å². The van der Waals surface area contributed by atoms with Crippen molar-refractivity contribution < 1.29 is 4.39 Å². The van der Waals surface area contributed by atoms with E-state index in [4.69, 9.17) is 11.6 Å². The number of hydrogen-bond acceptors (Lipinski definition) is 4. The van der Waals surface area contributed by atoms with Gasteiger partial charge in [-0.15, -0.1) is 0 Å². The van der Waals surface area contributed by atoms with Gasteiger partial charge in [0.15, 0.2) is 11.6 Å². The Kier molecular flexibility index (Phi) is 5.11. The normalized spacial score (nSPS) is 12.5. The van der Waals surface area contributed by atoms with E-state index in [1.807, 2.05) is 6.92 Å². The van der Waals surface area contributed by atoms with E-state index in [9.17, 15) is 4.39 Å². The fourth-order valence-corrected chi connectivity index (χ4v) is 1.82. The molecule has 0 aliphatic carbocycles. The molecular weight excluding hydrogens is 237 g/mol. The van der Waals surface area contributed by atoms with E-state index in [0.29, 0.717) is 0 Å². The molecule has 3 nitrogen and oxygen atoms in total. The van der Waals surface area contributed by atoms with E-state index < -0.39 is 5.82 Å². The van der Waals surface area contributed by atoms with Crippen molar-refractivity contribution in [3.05, 3.63) is 17.3 Å². The Labute approximate surface area is 97.8 Å². The van der Waals surface area contributed by atoms with Crippen LogP contribution in [0.2, 0.25) is 5.28 Å². The SMILES string of the molecule is CCSCC(C)Nc1nc(Cl)ncc1F. The first-order chi connectivity index (χ1) is 7.13. The number of halogens is 2. The van der Waals surface area contributed by atoms with E-state index in [-0.39, 0.29) is 17.1 Å². The van der Waals surface area contributed by atoms with Gasteiger partial charge in [0.1, 0.15) is 0 Å². The fourth-order valence-electron chi connectivity index (χ4n) is 1.02. The molecule has 0 spiro atoms. The molecule has 84 valence electrons. The fraction of sp³-hybridized carbons (Fsp3) is 0.556. The zero-order valence-corrected chi connectivity index (χ0v) is 10.2. The number of hydrogen-bond donors (Lipinski definition) is 1. The zero-order chi connectivity index (χ0) is 11.3. The van der Waals surface area contributed by atoms with Crippen LogP contribution in [0.15, 0.2) is 6.20 Å². The van der Waals surface area contributed by atoms with Crippen LogP contribution < -0.4 is 5.32 Å². The lowest BCUT2D eigenvalue weighted by Gasteiger charge is -2.13. The van der Waals surface area contributed by atoms with E-state index in [0.717, 1.165) is 17.7 Å². The average Bonchev–Trinajstić information content (AvgIpc) is 2.20. The smallest absolute Gasteiger partial charge is 0.224 e. The second-order valence-corrected chi connectivity index (χ2v) is 4.70. The molecule has 0 aromatic carbocycles. The summed E-state index contributed by atoms with van der Waals surface area (Å²) in [7, 11) is 0. The quantitative estimate of drug-likeness (QED) is 0.815. The third-order valence-corrected chi connectivity index (χ3v) is 3.00. The highest BCUT2D eigenvalue weighted by atomic mass is 35.5. The Hall–Kier alpha value is -0.550. The van der Waals surface area contributed by atoms with Crippen molar-refractivity contribution in [1.82, 2.24) is 9.97 Å². The van der Waals surface area contributed by atoms with Crippen molar-refractivity contribution in [2.75, 3.05) is 16.8 Å². The van der Waals surface area contributed by atoms with Gasteiger partial charge in [0.05, 0.1) is 6.20 Å². The maximum atomic E-state index is 13.2. The second-order valence-electron chi connectivity index (χ2n) is 3.04. The molecule has 0 aliphatic heterocycles. The molecule has 0 radical (unpaired) electrons. The molecule has 0 saturated heterocycles. The average molecular weight is 250 g/mol. The van der Waals surface area contributed by atoms with Crippen LogP contribution in [-0.4, -0.2) is 27.5 Å². The van der Waals surface area contributed by atoms with Gasteiger partial charge in [-0.05, 0) is 24.3 Å². The number of rotatable bonds is 5. The highest BCUT2D eigenvalue weighted by Crippen LogP contribution is 2.14. The van der Waals surface area contributed by atoms with Crippen LogP contribution in [0.5, 0.6) is 0 Å². The number of aromatic nitrogens is 2. The summed E-state index contributed by atoms with van der Waals surface area (Å²) in [5, 5.41) is 3.00. The lowest BCUT2D eigenvalue weighted by molar-refractivity contribution is 0.614.